The van der Waals surface area contributed by atoms with Crippen molar-refractivity contribution in [2.45, 2.75) is 11.3 Å². The number of hydrogen-bond donors (Lipinski definition) is 1. The first-order valence-electron chi connectivity index (χ1n) is 10.4. The van der Waals surface area contributed by atoms with E-state index in [0.717, 1.165) is 16.4 Å². The fraction of sp³-hybridized carbons (Fsp3) is 0.250. The van der Waals surface area contributed by atoms with E-state index in [1.807, 2.05) is 0 Å². The number of nitrogens with zero attached hydrogens (tertiary/aromatic N) is 1. The first-order valence-corrected chi connectivity index (χ1v) is 12.2. The molecule has 2 N–H and O–H groups in total. The first kappa shape index (κ1) is 26.5. The topological polar surface area (TPSA) is 91.1 Å². The van der Waals surface area contributed by atoms with Crippen molar-refractivity contribution in [1.29, 1.82) is 0 Å². The van der Waals surface area contributed by atoms with Crippen molar-refractivity contribution in [1.82, 2.24) is 0 Å². The lowest BCUT2D eigenvalue weighted by Gasteiger charge is -2.28. The number of methoxy groups -OCH3 is 3. The average Bonchev–Trinajstić information content (AvgIpc) is 2.84. The Hall–Kier alpha value is -3.08. The van der Waals surface area contributed by atoms with E-state index in [0.29, 0.717) is 5.75 Å². The smallest absolute Gasteiger partial charge is 0.264 e. The van der Waals surface area contributed by atoms with E-state index in [-0.39, 0.29) is 57.7 Å². The molecule has 0 unspecified atom stereocenters. The number of hydrogen-bond acceptors (Lipinski definition) is 6. The standard InChI is InChI=1S/C24H25ClF2N2O5S/c1-32-21-8-7-17(14-22(21)33-2)35(30,31)29(10-9-28)24-15(11-16(25)13-23(24)34-3)12-18-19(26)5-4-6-20(18)27/h4-8,11,13-14H,9-10,12,28H2,1-3H3. The zero-order chi connectivity index (χ0) is 25.8. The quantitative estimate of drug-likeness (QED) is 0.421. The molecule has 7 nitrogen and oxygen atoms in total. The van der Waals surface area contributed by atoms with Gasteiger partial charge < -0.3 is 19.9 Å². The highest BCUT2D eigenvalue weighted by Gasteiger charge is 2.31. The van der Waals surface area contributed by atoms with E-state index < -0.39 is 21.7 Å². The SMILES string of the molecule is COc1ccc(S(=O)(=O)N(CCN)c2c(Cc3c(F)cccc3F)cc(Cl)cc2OC)cc1OC. The lowest BCUT2D eigenvalue weighted by Crippen LogP contribution is -2.36. The minimum atomic E-state index is -4.25. The highest BCUT2D eigenvalue weighted by Crippen LogP contribution is 2.40. The molecule has 0 saturated heterocycles. The highest BCUT2D eigenvalue weighted by atomic mass is 35.5. The summed E-state index contributed by atoms with van der Waals surface area (Å²) in [5, 5.41) is 0.202. The fourth-order valence-electron chi connectivity index (χ4n) is 3.67. The number of rotatable bonds is 10. The van der Waals surface area contributed by atoms with Crippen LogP contribution in [0.25, 0.3) is 0 Å². The highest BCUT2D eigenvalue weighted by molar-refractivity contribution is 7.92. The molecule has 0 atom stereocenters. The van der Waals surface area contributed by atoms with E-state index in [1.54, 1.807) is 0 Å². The van der Waals surface area contributed by atoms with Crippen LogP contribution < -0.4 is 24.2 Å². The van der Waals surface area contributed by atoms with Gasteiger partial charge in [-0.3, -0.25) is 4.31 Å². The largest absolute Gasteiger partial charge is 0.494 e. The molecule has 3 rings (SSSR count). The molecule has 0 saturated carbocycles. The molecule has 3 aromatic carbocycles. The Labute approximate surface area is 208 Å². The summed E-state index contributed by atoms with van der Waals surface area (Å²) in [7, 11) is -0.0934. The summed E-state index contributed by atoms with van der Waals surface area (Å²) in [4.78, 5) is -0.108. The van der Waals surface area contributed by atoms with E-state index in [2.05, 4.69) is 0 Å². The van der Waals surface area contributed by atoms with Crippen molar-refractivity contribution in [3.63, 3.8) is 0 Å². The number of anilines is 1. The fourth-order valence-corrected chi connectivity index (χ4v) is 5.44. The molecule has 0 aliphatic carbocycles. The maximum Gasteiger partial charge on any atom is 0.264 e. The van der Waals surface area contributed by atoms with Crippen molar-refractivity contribution < 1.29 is 31.4 Å². The first-order chi connectivity index (χ1) is 16.7. The Morgan fingerprint density at radius 1 is 0.914 bits per heavy atom. The number of ether oxygens (including phenoxy) is 3. The Morgan fingerprint density at radius 2 is 1.54 bits per heavy atom. The maximum absolute atomic E-state index is 14.5. The van der Waals surface area contributed by atoms with Crippen LogP contribution in [0, 0.1) is 11.6 Å². The second-order valence-electron chi connectivity index (χ2n) is 7.38. The molecule has 0 amide bonds. The molecule has 0 fully saturated rings. The summed E-state index contributed by atoms with van der Waals surface area (Å²) < 4.78 is 73.5. The lowest BCUT2D eigenvalue weighted by atomic mass is 10.0. The summed E-state index contributed by atoms with van der Waals surface area (Å²) >= 11 is 6.24. The molecule has 0 bridgehead atoms. The Morgan fingerprint density at radius 3 is 2.11 bits per heavy atom. The second kappa shape index (κ2) is 11.1. The second-order valence-corrected chi connectivity index (χ2v) is 9.67. The molecule has 188 valence electrons. The van der Waals surface area contributed by atoms with Crippen LogP contribution in [0.1, 0.15) is 11.1 Å². The molecule has 0 heterocycles. The molecular formula is C24H25ClF2N2O5S. The van der Waals surface area contributed by atoms with Gasteiger partial charge in [-0.1, -0.05) is 17.7 Å². The van der Waals surface area contributed by atoms with Gasteiger partial charge >= 0.3 is 0 Å². The summed E-state index contributed by atoms with van der Waals surface area (Å²) in [5.41, 5.74) is 5.84. The van der Waals surface area contributed by atoms with Gasteiger partial charge in [0, 0.05) is 42.2 Å². The molecule has 3 aromatic rings. The summed E-state index contributed by atoms with van der Waals surface area (Å²) in [6, 6.07) is 10.5. The van der Waals surface area contributed by atoms with Gasteiger partial charge in [-0.2, -0.15) is 0 Å². The van der Waals surface area contributed by atoms with Crippen molar-refractivity contribution in [2.75, 3.05) is 38.7 Å². The van der Waals surface area contributed by atoms with Crippen molar-refractivity contribution in [3.8, 4) is 17.2 Å². The summed E-state index contributed by atoms with van der Waals surface area (Å²) in [6.07, 6.45) is -0.284. The van der Waals surface area contributed by atoms with E-state index >= 15 is 0 Å². The van der Waals surface area contributed by atoms with Gasteiger partial charge in [0.2, 0.25) is 0 Å². The Kier molecular flexibility index (Phi) is 8.42. The zero-order valence-electron chi connectivity index (χ0n) is 19.3. The predicted molar refractivity (Wildman–Crippen MR) is 130 cm³/mol. The van der Waals surface area contributed by atoms with E-state index in [1.165, 1.54) is 57.7 Å². The van der Waals surface area contributed by atoms with Crippen LogP contribution in [0.4, 0.5) is 14.5 Å². The van der Waals surface area contributed by atoms with E-state index in [9.17, 15) is 17.2 Å². The minimum Gasteiger partial charge on any atom is -0.494 e. The number of halogens is 3. The lowest BCUT2D eigenvalue weighted by molar-refractivity contribution is 0.354. The maximum atomic E-state index is 14.5. The summed E-state index contributed by atoms with van der Waals surface area (Å²) in [6.45, 7) is -0.201. The Balaban J connectivity index is 2.24. The molecule has 0 aliphatic rings. The van der Waals surface area contributed by atoms with Crippen molar-refractivity contribution >= 4 is 27.3 Å². The molecule has 35 heavy (non-hydrogen) atoms. The zero-order valence-corrected chi connectivity index (χ0v) is 20.9. The predicted octanol–water partition coefficient (Wildman–Crippen LogP) is 4.39. The number of nitrogens with two attached hydrogens (primary N) is 1. The third-order valence-corrected chi connectivity index (χ3v) is 7.31. The van der Waals surface area contributed by atoms with Gasteiger partial charge in [0.25, 0.3) is 10.0 Å². The average molecular weight is 527 g/mol. The van der Waals surface area contributed by atoms with Crippen LogP contribution in [0.2, 0.25) is 5.02 Å². The van der Waals surface area contributed by atoms with Crippen LogP contribution in [-0.2, 0) is 16.4 Å². The minimum absolute atomic E-state index is 0.0498. The molecule has 0 aliphatic heterocycles. The van der Waals surface area contributed by atoms with Crippen LogP contribution in [0.15, 0.2) is 53.4 Å². The van der Waals surface area contributed by atoms with Crippen LogP contribution in [0.5, 0.6) is 17.2 Å². The Bertz CT molecular complexity index is 1300. The molecular weight excluding hydrogens is 502 g/mol. The van der Waals surface area contributed by atoms with Gasteiger partial charge in [-0.15, -0.1) is 0 Å². The van der Waals surface area contributed by atoms with Gasteiger partial charge in [0.05, 0.1) is 31.9 Å². The van der Waals surface area contributed by atoms with Crippen LogP contribution in [-0.4, -0.2) is 42.8 Å². The molecule has 11 heteroatoms. The van der Waals surface area contributed by atoms with Crippen molar-refractivity contribution in [2.24, 2.45) is 5.73 Å². The van der Waals surface area contributed by atoms with Gasteiger partial charge in [0.1, 0.15) is 17.4 Å². The number of benzene rings is 3. The normalized spacial score (nSPS) is 11.3. The van der Waals surface area contributed by atoms with Gasteiger partial charge in [-0.25, -0.2) is 17.2 Å². The van der Waals surface area contributed by atoms with Crippen LogP contribution >= 0.6 is 11.6 Å². The number of sulfonamides is 1. The van der Waals surface area contributed by atoms with Crippen LogP contribution in [0.3, 0.4) is 0 Å². The molecule has 0 aromatic heterocycles. The molecule has 0 spiro atoms. The monoisotopic (exact) mass is 526 g/mol. The van der Waals surface area contributed by atoms with Crippen molar-refractivity contribution in [3.05, 3.63) is 76.3 Å². The summed E-state index contributed by atoms with van der Waals surface area (Å²) in [5.74, 6) is -0.901. The third kappa shape index (κ3) is 5.44. The van der Waals surface area contributed by atoms with Gasteiger partial charge in [0.15, 0.2) is 11.5 Å². The van der Waals surface area contributed by atoms with Gasteiger partial charge in [-0.05, 0) is 35.9 Å². The molecule has 0 radical (unpaired) electrons. The van der Waals surface area contributed by atoms with E-state index in [4.69, 9.17) is 31.5 Å². The third-order valence-electron chi connectivity index (χ3n) is 5.29.